The van der Waals surface area contributed by atoms with E-state index in [1.807, 2.05) is 37.8 Å². The van der Waals surface area contributed by atoms with Gasteiger partial charge in [0.15, 0.2) is 0 Å². The summed E-state index contributed by atoms with van der Waals surface area (Å²) in [6, 6.07) is 10.9. The fraction of sp³-hybridized carbons (Fsp3) is 0.100. The second-order valence-corrected chi connectivity index (χ2v) is 5.94. The van der Waals surface area contributed by atoms with E-state index in [2.05, 4.69) is 16.0 Å². The maximum Gasteiger partial charge on any atom is 0.125 e. The first-order chi connectivity index (χ1) is 11.7. The summed E-state index contributed by atoms with van der Waals surface area (Å²) in [5.41, 5.74) is 12.7. The second-order valence-electron chi connectivity index (χ2n) is 5.94. The van der Waals surface area contributed by atoms with Crippen molar-refractivity contribution in [2.75, 3.05) is 6.54 Å². The third-order valence-electron chi connectivity index (χ3n) is 4.27. The van der Waals surface area contributed by atoms with Gasteiger partial charge in [-0.25, -0.2) is 4.39 Å². The fourth-order valence-corrected chi connectivity index (χ4v) is 2.89. The molecule has 1 aromatic heterocycles. The summed E-state index contributed by atoms with van der Waals surface area (Å²) < 4.78 is 13.3. The molecule has 3 aromatic rings. The number of rotatable bonds is 4. The van der Waals surface area contributed by atoms with Crippen LogP contribution in [0.2, 0.25) is 0 Å². The van der Waals surface area contributed by atoms with Crippen molar-refractivity contribution in [3.05, 3.63) is 72.0 Å². The highest BCUT2D eigenvalue weighted by Crippen LogP contribution is 2.32. The van der Waals surface area contributed by atoms with Crippen molar-refractivity contribution in [3.63, 3.8) is 0 Å². The van der Waals surface area contributed by atoms with Gasteiger partial charge in [0.1, 0.15) is 5.82 Å². The Labute approximate surface area is 139 Å². The lowest BCUT2D eigenvalue weighted by atomic mass is 10.0. The second kappa shape index (κ2) is 5.73. The SMILES string of the molecule is Cc1cc(-c2c[nH]c3cc(F)ccc23)ccc1N=C(CN)C1=C[CH]1. The zero-order valence-electron chi connectivity index (χ0n) is 13.3. The molecular formula is C20H17FN3. The molecule has 0 amide bonds. The van der Waals surface area contributed by atoms with Crippen molar-refractivity contribution in [3.8, 4) is 11.1 Å². The molecule has 2 aromatic carbocycles. The number of aromatic amines is 1. The molecule has 0 bridgehead atoms. The van der Waals surface area contributed by atoms with Gasteiger partial charge in [0.2, 0.25) is 0 Å². The van der Waals surface area contributed by atoms with Crippen LogP contribution in [0.3, 0.4) is 0 Å². The van der Waals surface area contributed by atoms with Gasteiger partial charge in [-0.3, -0.25) is 4.99 Å². The lowest BCUT2D eigenvalue weighted by molar-refractivity contribution is 0.629. The van der Waals surface area contributed by atoms with E-state index in [1.54, 1.807) is 6.07 Å². The smallest absolute Gasteiger partial charge is 0.125 e. The molecule has 24 heavy (non-hydrogen) atoms. The summed E-state index contributed by atoms with van der Waals surface area (Å²) in [6.07, 6.45) is 5.94. The molecule has 0 fully saturated rings. The van der Waals surface area contributed by atoms with E-state index in [9.17, 15) is 4.39 Å². The van der Waals surface area contributed by atoms with E-state index in [0.29, 0.717) is 6.54 Å². The van der Waals surface area contributed by atoms with Gasteiger partial charge in [-0.15, -0.1) is 0 Å². The predicted molar refractivity (Wildman–Crippen MR) is 97.0 cm³/mol. The number of aryl methyl sites for hydroxylation is 1. The molecule has 0 atom stereocenters. The van der Waals surface area contributed by atoms with Gasteiger partial charge in [0.05, 0.1) is 11.4 Å². The molecule has 119 valence electrons. The van der Waals surface area contributed by atoms with Gasteiger partial charge in [0.25, 0.3) is 0 Å². The highest BCUT2D eigenvalue weighted by molar-refractivity contribution is 6.09. The molecule has 1 aliphatic rings. The van der Waals surface area contributed by atoms with Crippen LogP contribution in [-0.2, 0) is 0 Å². The number of halogens is 1. The number of nitrogens with zero attached hydrogens (tertiary/aromatic N) is 1. The average molecular weight is 318 g/mol. The maximum absolute atomic E-state index is 13.3. The van der Waals surface area contributed by atoms with Gasteiger partial charge >= 0.3 is 0 Å². The van der Waals surface area contributed by atoms with Crippen molar-refractivity contribution in [1.82, 2.24) is 4.98 Å². The topological polar surface area (TPSA) is 54.2 Å². The number of hydrogen-bond donors (Lipinski definition) is 2. The third kappa shape index (κ3) is 2.65. The fourth-order valence-electron chi connectivity index (χ4n) is 2.89. The first-order valence-corrected chi connectivity index (χ1v) is 7.86. The predicted octanol–water partition coefficient (Wildman–Crippen LogP) is 4.46. The van der Waals surface area contributed by atoms with E-state index < -0.39 is 0 Å². The van der Waals surface area contributed by atoms with Crippen LogP contribution in [0.1, 0.15) is 5.56 Å². The van der Waals surface area contributed by atoms with E-state index in [4.69, 9.17) is 5.73 Å². The molecule has 3 N–H and O–H groups in total. The number of hydrogen-bond acceptors (Lipinski definition) is 2. The zero-order valence-corrected chi connectivity index (χ0v) is 13.3. The van der Waals surface area contributed by atoms with Gasteiger partial charge in [-0.2, -0.15) is 0 Å². The number of H-pyrrole nitrogens is 1. The Bertz CT molecular complexity index is 995. The average Bonchev–Trinajstić information content (AvgIpc) is 3.33. The van der Waals surface area contributed by atoms with Gasteiger partial charge in [-0.05, 0) is 54.0 Å². The normalized spacial score (nSPS) is 14.1. The van der Waals surface area contributed by atoms with Crippen LogP contribution in [0.5, 0.6) is 0 Å². The molecule has 3 nitrogen and oxygen atoms in total. The summed E-state index contributed by atoms with van der Waals surface area (Å²) in [4.78, 5) is 7.80. The lowest BCUT2D eigenvalue weighted by Crippen LogP contribution is -2.12. The number of benzene rings is 2. The Morgan fingerprint density at radius 3 is 2.75 bits per heavy atom. The third-order valence-corrected chi connectivity index (χ3v) is 4.27. The van der Waals surface area contributed by atoms with Crippen molar-refractivity contribution in [2.24, 2.45) is 10.7 Å². The first kappa shape index (κ1) is 14.8. The Morgan fingerprint density at radius 2 is 2.04 bits per heavy atom. The van der Waals surface area contributed by atoms with Crippen LogP contribution in [-0.4, -0.2) is 17.2 Å². The van der Waals surface area contributed by atoms with Gasteiger partial charge < -0.3 is 10.7 Å². The molecule has 1 heterocycles. The van der Waals surface area contributed by atoms with Crippen LogP contribution >= 0.6 is 0 Å². The molecule has 4 heteroatoms. The van der Waals surface area contributed by atoms with Crippen molar-refractivity contribution < 1.29 is 4.39 Å². The summed E-state index contributed by atoms with van der Waals surface area (Å²) in [7, 11) is 0. The van der Waals surface area contributed by atoms with E-state index in [-0.39, 0.29) is 5.82 Å². The van der Waals surface area contributed by atoms with Crippen LogP contribution in [0.15, 0.2) is 59.2 Å². The van der Waals surface area contributed by atoms with Crippen LogP contribution in [0.25, 0.3) is 22.0 Å². The molecule has 1 aliphatic carbocycles. The number of aromatic nitrogens is 1. The number of nitrogens with two attached hydrogens (primary N) is 1. The number of aliphatic imine (C=N–C) groups is 1. The Hall–Kier alpha value is -2.72. The summed E-state index contributed by atoms with van der Waals surface area (Å²) in [6.45, 7) is 2.47. The van der Waals surface area contributed by atoms with Crippen LogP contribution in [0, 0.1) is 19.2 Å². The standard InChI is InChI=1S/C20H17FN3/c1-12-8-14(4-7-18(12)24-20(10-22)13-2-3-13)17-11-23-19-9-15(21)5-6-16(17)19/h2-9,11,23H,10,22H2,1H3. The van der Waals surface area contributed by atoms with E-state index in [0.717, 1.165) is 44.6 Å². The van der Waals surface area contributed by atoms with Crippen molar-refractivity contribution >= 4 is 22.3 Å². The Balaban J connectivity index is 1.74. The summed E-state index contributed by atoms with van der Waals surface area (Å²) >= 11 is 0. The molecule has 0 unspecified atom stereocenters. The summed E-state index contributed by atoms with van der Waals surface area (Å²) in [5, 5.41) is 1.01. The van der Waals surface area contributed by atoms with Crippen LogP contribution in [0.4, 0.5) is 10.1 Å². The van der Waals surface area contributed by atoms with Crippen molar-refractivity contribution in [1.29, 1.82) is 0 Å². The number of fused-ring (bicyclic) bond motifs is 1. The van der Waals surface area contributed by atoms with Crippen LogP contribution < -0.4 is 5.73 Å². The van der Waals surface area contributed by atoms with E-state index >= 15 is 0 Å². The highest BCUT2D eigenvalue weighted by Gasteiger charge is 2.15. The molecule has 0 saturated heterocycles. The Kier molecular flexibility index (Phi) is 3.54. The minimum absolute atomic E-state index is 0.239. The largest absolute Gasteiger partial charge is 0.360 e. The molecular weight excluding hydrogens is 301 g/mol. The molecule has 0 spiro atoms. The zero-order chi connectivity index (χ0) is 16.7. The first-order valence-electron chi connectivity index (χ1n) is 7.86. The Morgan fingerprint density at radius 1 is 1.21 bits per heavy atom. The summed E-state index contributed by atoms with van der Waals surface area (Å²) in [5.74, 6) is -0.239. The molecule has 4 rings (SSSR count). The maximum atomic E-state index is 13.3. The number of allylic oxidation sites excluding steroid dienone is 1. The van der Waals surface area contributed by atoms with Gasteiger partial charge in [-0.1, -0.05) is 12.1 Å². The van der Waals surface area contributed by atoms with Gasteiger partial charge in [0, 0.05) is 35.6 Å². The minimum Gasteiger partial charge on any atom is -0.360 e. The quantitative estimate of drug-likeness (QED) is 0.686. The molecule has 0 aliphatic heterocycles. The highest BCUT2D eigenvalue weighted by atomic mass is 19.1. The van der Waals surface area contributed by atoms with E-state index in [1.165, 1.54) is 12.1 Å². The monoisotopic (exact) mass is 318 g/mol. The number of nitrogens with one attached hydrogen (secondary N) is 1. The van der Waals surface area contributed by atoms with Crippen molar-refractivity contribution in [2.45, 2.75) is 6.92 Å². The molecule has 1 radical (unpaired) electrons. The minimum atomic E-state index is -0.239. The lowest BCUT2D eigenvalue weighted by Gasteiger charge is -2.07. The molecule has 0 saturated carbocycles.